The van der Waals surface area contributed by atoms with E-state index in [1.54, 1.807) is 13.0 Å². The Morgan fingerprint density at radius 1 is 1.15 bits per heavy atom. The van der Waals surface area contributed by atoms with Crippen molar-refractivity contribution in [2.75, 3.05) is 38.2 Å². The molecular formula is C25H26ClF3N6O3S. The number of carbonyl (C=O) groups is 2. The van der Waals surface area contributed by atoms with Crippen molar-refractivity contribution in [3.8, 4) is 0 Å². The summed E-state index contributed by atoms with van der Waals surface area (Å²) in [4.78, 5) is 44.4. The molecule has 1 fully saturated rings. The molecule has 0 radical (unpaired) electrons. The highest BCUT2D eigenvalue weighted by molar-refractivity contribution is 7.13. The zero-order chi connectivity index (χ0) is 28.0. The van der Waals surface area contributed by atoms with Crippen LogP contribution in [0.4, 0.5) is 19.0 Å². The number of alkyl halides is 3. The number of pyridine rings is 1. The summed E-state index contributed by atoms with van der Waals surface area (Å²) in [5, 5.41) is 2.30. The number of nitrogens with one attached hydrogen (secondary N) is 1. The summed E-state index contributed by atoms with van der Waals surface area (Å²) < 4.78 is 44.6. The Labute approximate surface area is 231 Å². The van der Waals surface area contributed by atoms with Crippen molar-refractivity contribution >= 4 is 40.4 Å². The van der Waals surface area contributed by atoms with Gasteiger partial charge in [0, 0.05) is 37.3 Å². The highest BCUT2D eigenvalue weighted by Gasteiger charge is 2.34. The molecule has 39 heavy (non-hydrogen) atoms. The molecule has 0 aliphatic carbocycles. The monoisotopic (exact) mass is 582 g/mol. The number of aryl methyl sites for hydroxylation is 1. The average Bonchev–Trinajstić information content (AvgIpc) is 3.41. The van der Waals surface area contributed by atoms with Crippen LogP contribution >= 0.6 is 22.9 Å². The smallest absolute Gasteiger partial charge is 0.379 e. The first-order valence-corrected chi connectivity index (χ1v) is 13.4. The summed E-state index contributed by atoms with van der Waals surface area (Å²) in [7, 11) is 0. The first kappa shape index (κ1) is 29.0. The molecular weight excluding hydrogens is 557 g/mol. The summed E-state index contributed by atoms with van der Waals surface area (Å²) >= 11 is 6.62. The maximum Gasteiger partial charge on any atom is 0.418 e. The van der Waals surface area contributed by atoms with Crippen LogP contribution < -0.4 is 5.32 Å². The molecule has 1 atom stereocenters. The molecule has 9 nitrogen and oxygen atoms in total. The number of aromatic nitrogens is 4. The van der Waals surface area contributed by atoms with Crippen molar-refractivity contribution in [1.29, 1.82) is 0 Å². The van der Waals surface area contributed by atoms with E-state index in [4.69, 9.17) is 16.3 Å². The quantitative estimate of drug-likeness (QED) is 0.336. The zero-order valence-corrected chi connectivity index (χ0v) is 22.6. The van der Waals surface area contributed by atoms with Crippen molar-refractivity contribution in [3.05, 3.63) is 62.7 Å². The van der Waals surface area contributed by atoms with E-state index in [9.17, 15) is 22.8 Å². The normalized spacial score (nSPS) is 15.2. The number of rotatable bonds is 10. The first-order chi connectivity index (χ1) is 18.6. The van der Waals surface area contributed by atoms with Crippen LogP contribution in [0.5, 0.6) is 0 Å². The summed E-state index contributed by atoms with van der Waals surface area (Å²) in [5.74, 6) is -1.45. The highest BCUT2D eigenvalue weighted by Crippen LogP contribution is 2.35. The van der Waals surface area contributed by atoms with Gasteiger partial charge in [-0.2, -0.15) is 13.2 Å². The van der Waals surface area contributed by atoms with Gasteiger partial charge in [0.25, 0.3) is 5.91 Å². The van der Waals surface area contributed by atoms with E-state index in [0.29, 0.717) is 16.8 Å². The lowest BCUT2D eigenvalue weighted by molar-refractivity contribution is -0.137. The van der Waals surface area contributed by atoms with Crippen molar-refractivity contribution in [2.45, 2.75) is 38.3 Å². The van der Waals surface area contributed by atoms with Gasteiger partial charge in [-0.1, -0.05) is 18.5 Å². The number of Topliss-reactive ketones (excluding diaryl/α,β-unsaturated/α-hetero) is 1. The number of amides is 1. The molecule has 208 valence electrons. The Balaban J connectivity index is 1.32. The van der Waals surface area contributed by atoms with E-state index in [0.717, 1.165) is 68.9 Å². The lowest BCUT2D eigenvalue weighted by Gasteiger charge is -2.26. The van der Waals surface area contributed by atoms with Crippen LogP contribution in [0.25, 0.3) is 0 Å². The summed E-state index contributed by atoms with van der Waals surface area (Å²) in [5.41, 5.74) is 0.0190. The minimum absolute atomic E-state index is 0.118. The van der Waals surface area contributed by atoms with Gasteiger partial charge in [0.1, 0.15) is 22.7 Å². The molecule has 1 aliphatic heterocycles. The topological polar surface area (TPSA) is 110 Å². The van der Waals surface area contributed by atoms with E-state index >= 15 is 0 Å². The Morgan fingerprint density at radius 2 is 1.92 bits per heavy atom. The van der Waals surface area contributed by atoms with Crippen LogP contribution in [0, 0.1) is 0 Å². The molecule has 3 aromatic rings. The fraction of sp³-hybridized carbons (Fsp3) is 0.440. The molecule has 1 N–H and O–H groups in total. The van der Waals surface area contributed by atoms with Gasteiger partial charge in [0.15, 0.2) is 5.78 Å². The SMILES string of the molecule is CC(CC(=O)c1cc(CCCN2CCOCC2)ncn1)c1ncc(C(=O)Nc2cc(C(F)(F)F)c(Cl)cn2)s1. The minimum Gasteiger partial charge on any atom is -0.379 e. The van der Waals surface area contributed by atoms with E-state index < -0.39 is 22.7 Å². The summed E-state index contributed by atoms with van der Waals surface area (Å²) in [6, 6.07) is 2.38. The predicted molar refractivity (Wildman–Crippen MR) is 139 cm³/mol. The van der Waals surface area contributed by atoms with Gasteiger partial charge in [-0.05, 0) is 31.5 Å². The Hall–Kier alpha value is -3.00. The number of hydrogen-bond acceptors (Lipinski definition) is 9. The molecule has 4 rings (SSSR count). The van der Waals surface area contributed by atoms with Crippen LogP contribution in [0.2, 0.25) is 5.02 Å². The molecule has 3 aromatic heterocycles. The van der Waals surface area contributed by atoms with Gasteiger partial charge in [-0.15, -0.1) is 11.3 Å². The van der Waals surface area contributed by atoms with Crippen LogP contribution in [-0.2, 0) is 17.3 Å². The number of ether oxygens (including phenoxy) is 1. The van der Waals surface area contributed by atoms with Crippen molar-refractivity contribution < 1.29 is 27.5 Å². The molecule has 1 aliphatic rings. The second kappa shape index (κ2) is 12.9. The van der Waals surface area contributed by atoms with Crippen molar-refractivity contribution in [3.63, 3.8) is 0 Å². The van der Waals surface area contributed by atoms with E-state index in [-0.39, 0.29) is 28.8 Å². The largest absolute Gasteiger partial charge is 0.418 e. The number of thiazole rings is 1. The Morgan fingerprint density at radius 3 is 2.67 bits per heavy atom. The molecule has 1 saturated heterocycles. The number of anilines is 1. The second-order valence-electron chi connectivity index (χ2n) is 9.04. The van der Waals surface area contributed by atoms with Gasteiger partial charge >= 0.3 is 6.18 Å². The zero-order valence-electron chi connectivity index (χ0n) is 21.0. The number of hydrogen-bond donors (Lipinski definition) is 1. The fourth-order valence-electron chi connectivity index (χ4n) is 3.99. The minimum atomic E-state index is -4.69. The first-order valence-electron chi connectivity index (χ1n) is 12.2. The van der Waals surface area contributed by atoms with Gasteiger partial charge in [-0.3, -0.25) is 14.5 Å². The van der Waals surface area contributed by atoms with Gasteiger partial charge in [-0.25, -0.2) is 19.9 Å². The predicted octanol–water partition coefficient (Wildman–Crippen LogP) is 4.89. The standard InChI is InChI=1S/C25H26ClF3N6O3S/c1-15(9-20(36)19-10-16(32-14-33-19)3-2-4-35-5-7-38-8-6-35)24-31-13-21(39-24)23(37)34-22-11-17(25(27,28)29)18(26)12-30-22/h10-15H,2-9H2,1H3,(H,30,34,37). The Kier molecular flexibility index (Phi) is 9.59. The number of nitrogens with zero attached hydrogens (tertiary/aromatic N) is 5. The molecule has 14 heteroatoms. The lowest BCUT2D eigenvalue weighted by atomic mass is 10.0. The van der Waals surface area contributed by atoms with E-state index in [1.807, 2.05) is 0 Å². The van der Waals surface area contributed by atoms with E-state index in [2.05, 4.69) is 30.2 Å². The number of carbonyl (C=O) groups excluding carboxylic acids is 2. The fourth-order valence-corrected chi connectivity index (χ4v) is 5.06. The van der Waals surface area contributed by atoms with Gasteiger partial charge in [0.2, 0.25) is 0 Å². The van der Waals surface area contributed by atoms with Crippen LogP contribution in [0.3, 0.4) is 0 Å². The van der Waals surface area contributed by atoms with Crippen LogP contribution in [0.1, 0.15) is 62.1 Å². The van der Waals surface area contributed by atoms with Gasteiger partial charge < -0.3 is 10.1 Å². The maximum atomic E-state index is 13.1. The third-order valence-corrected chi connectivity index (χ3v) is 7.61. The maximum absolute atomic E-state index is 13.1. The van der Waals surface area contributed by atoms with Crippen molar-refractivity contribution in [2.24, 2.45) is 0 Å². The van der Waals surface area contributed by atoms with E-state index in [1.165, 1.54) is 12.5 Å². The molecule has 4 heterocycles. The molecule has 0 bridgehead atoms. The third-order valence-electron chi connectivity index (χ3n) is 6.08. The molecule has 0 spiro atoms. The second-order valence-corrected chi connectivity index (χ2v) is 10.5. The summed E-state index contributed by atoms with van der Waals surface area (Å²) in [6.07, 6.45) is 0.603. The van der Waals surface area contributed by atoms with Gasteiger partial charge in [0.05, 0.1) is 35.0 Å². The van der Waals surface area contributed by atoms with Crippen LogP contribution in [0.15, 0.2) is 30.9 Å². The number of halogens is 4. The van der Waals surface area contributed by atoms with Crippen molar-refractivity contribution in [1.82, 2.24) is 24.8 Å². The Bertz CT molecular complexity index is 1320. The molecule has 1 unspecified atom stereocenters. The summed E-state index contributed by atoms with van der Waals surface area (Å²) in [6.45, 7) is 6.07. The molecule has 1 amide bonds. The molecule has 0 saturated carbocycles. The number of morpholine rings is 1. The third kappa shape index (κ3) is 8.01. The van der Waals surface area contributed by atoms with Crippen LogP contribution in [-0.4, -0.2) is 69.4 Å². The number of ketones is 1. The average molecular weight is 583 g/mol. The molecule has 0 aromatic carbocycles. The lowest BCUT2D eigenvalue weighted by Crippen LogP contribution is -2.36. The highest BCUT2D eigenvalue weighted by atomic mass is 35.5.